The molecule has 0 saturated heterocycles. The first-order chi connectivity index (χ1) is 17.6. The lowest BCUT2D eigenvalue weighted by atomic mass is 9.85. The van der Waals surface area contributed by atoms with Crippen LogP contribution < -0.4 is 5.56 Å². The first kappa shape index (κ1) is 31.3. The summed E-state index contributed by atoms with van der Waals surface area (Å²) in [6, 6.07) is 3.78. The van der Waals surface area contributed by atoms with E-state index in [0.717, 1.165) is 42.6 Å². The molecule has 0 bridgehead atoms. The van der Waals surface area contributed by atoms with E-state index in [1.807, 2.05) is 17.6 Å². The van der Waals surface area contributed by atoms with Crippen LogP contribution >= 0.6 is 11.3 Å². The van der Waals surface area contributed by atoms with E-state index in [1.165, 1.54) is 37.1 Å². The topological polar surface area (TPSA) is 113 Å². The van der Waals surface area contributed by atoms with Gasteiger partial charge in [-0.15, -0.1) is 11.3 Å². The molecule has 38 heavy (non-hydrogen) atoms. The Labute approximate surface area is 217 Å². The molecule has 2 N–H and O–H groups in total. The molecule has 2 aromatic rings. The van der Waals surface area contributed by atoms with Crippen LogP contribution in [0.15, 0.2) is 22.3 Å². The van der Waals surface area contributed by atoms with Crippen molar-refractivity contribution in [3.8, 4) is 0 Å². The number of carboxylic acids is 2. The molecule has 0 amide bonds. The van der Waals surface area contributed by atoms with Crippen LogP contribution in [0.5, 0.6) is 0 Å². The minimum atomic E-state index is -5.08. The molecule has 2 aromatic heterocycles. The summed E-state index contributed by atoms with van der Waals surface area (Å²) < 4.78 is 65.4. The van der Waals surface area contributed by atoms with Crippen LogP contribution in [0.1, 0.15) is 41.2 Å². The summed E-state index contributed by atoms with van der Waals surface area (Å²) in [4.78, 5) is 37.4. The number of hydrogen-bond acceptors (Lipinski definition) is 6. The number of aromatic nitrogens is 2. The van der Waals surface area contributed by atoms with Crippen molar-refractivity contribution in [1.82, 2.24) is 14.5 Å². The molecular formula is C23H27F6N3O5S. The predicted octanol–water partition coefficient (Wildman–Crippen LogP) is 4.13. The van der Waals surface area contributed by atoms with Gasteiger partial charge in [-0.2, -0.15) is 26.3 Å². The maximum absolute atomic E-state index is 12.5. The van der Waals surface area contributed by atoms with Crippen LogP contribution in [0.25, 0.3) is 0 Å². The molecular weight excluding hydrogens is 544 g/mol. The quantitative estimate of drug-likeness (QED) is 0.531. The summed E-state index contributed by atoms with van der Waals surface area (Å²) in [6.07, 6.45) is -3.93. The van der Waals surface area contributed by atoms with Crippen molar-refractivity contribution in [1.29, 1.82) is 0 Å². The number of nitrogens with zero attached hydrogens (tertiary/aromatic N) is 3. The van der Waals surface area contributed by atoms with E-state index >= 15 is 0 Å². The van der Waals surface area contributed by atoms with Gasteiger partial charge in [0.05, 0.1) is 17.2 Å². The SMILES string of the molecule is Cc1nc(Cn2c3c(ccc2=O)CCN(CC2CCC2)CC3)cs1.O=C(O)C(F)(F)F.O=C(O)C(F)(F)F. The van der Waals surface area contributed by atoms with E-state index in [4.69, 9.17) is 19.8 Å². The molecule has 3 heterocycles. The zero-order chi connectivity index (χ0) is 28.7. The van der Waals surface area contributed by atoms with Crippen molar-refractivity contribution < 1.29 is 46.1 Å². The number of carboxylic acid groups (broad SMARTS) is 2. The van der Waals surface area contributed by atoms with Gasteiger partial charge in [0.15, 0.2) is 0 Å². The van der Waals surface area contributed by atoms with Gasteiger partial charge in [0, 0.05) is 43.2 Å². The van der Waals surface area contributed by atoms with Crippen molar-refractivity contribution in [2.75, 3.05) is 19.6 Å². The fourth-order valence-corrected chi connectivity index (χ4v) is 4.49. The van der Waals surface area contributed by atoms with Crippen molar-refractivity contribution in [3.63, 3.8) is 0 Å². The average molecular weight is 572 g/mol. The molecule has 2 aliphatic rings. The Morgan fingerprint density at radius 2 is 1.58 bits per heavy atom. The highest BCUT2D eigenvalue weighted by Crippen LogP contribution is 2.28. The Bertz CT molecular complexity index is 1130. The predicted molar refractivity (Wildman–Crippen MR) is 125 cm³/mol. The Hall–Kier alpha value is -2.94. The van der Waals surface area contributed by atoms with Crippen LogP contribution in [0.3, 0.4) is 0 Å². The van der Waals surface area contributed by atoms with E-state index in [0.29, 0.717) is 6.54 Å². The van der Waals surface area contributed by atoms with Gasteiger partial charge in [-0.1, -0.05) is 12.5 Å². The van der Waals surface area contributed by atoms with E-state index in [9.17, 15) is 31.1 Å². The second kappa shape index (κ2) is 13.2. The Balaban J connectivity index is 0.000000301. The highest BCUT2D eigenvalue weighted by molar-refractivity contribution is 7.09. The van der Waals surface area contributed by atoms with E-state index in [2.05, 4.69) is 15.3 Å². The van der Waals surface area contributed by atoms with Crippen LogP contribution in [0.2, 0.25) is 0 Å². The molecule has 15 heteroatoms. The van der Waals surface area contributed by atoms with E-state index in [1.54, 1.807) is 17.4 Å². The fraction of sp³-hybridized carbons (Fsp3) is 0.565. The molecule has 0 aromatic carbocycles. The van der Waals surface area contributed by atoms with Crippen LogP contribution in [-0.2, 0) is 29.0 Å². The third-order valence-electron chi connectivity index (χ3n) is 5.96. The summed E-state index contributed by atoms with van der Waals surface area (Å²) in [6.45, 7) is 6.06. The maximum atomic E-state index is 12.5. The number of aryl methyl sites for hydroxylation is 1. The number of halogens is 6. The zero-order valence-electron chi connectivity index (χ0n) is 20.3. The van der Waals surface area contributed by atoms with Crippen LogP contribution in [0.4, 0.5) is 26.3 Å². The first-order valence-corrected chi connectivity index (χ1v) is 12.4. The Morgan fingerprint density at radius 3 is 2.03 bits per heavy atom. The largest absolute Gasteiger partial charge is 0.490 e. The lowest BCUT2D eigenvalue weighted by Crippen LogP contribution is -2.34. The van der Waals surface area contributed by atoms with Gasteiger partial charge in [0.25, 0.3) is 5.56 Å². The average Bonchev–Trinajstić information content (AvgIpc) is 3.07. The maximum Gasteiger partial charge on any atom is 0.490 e. The normalized spacial score (nSPS) is 16.1. The number of aliphatic carboxylic acids is 2. The lowest BCUT2D eigenvalue weighted by molar-refractivity contribution is -0.193. The highest BCUT2D eigenvalue weighted by atomic mass is 32.1. The molecule has 0 radical (unpaired) electrons. The molecule has 0 unspecified atom stereocenters. The van der Waals surface area contributed by atoms with E-state index < -0.39 is 24.3 Å². The second-order valence-corrected chi connectivity index (χ2v) is 9.85. The van der Waals surface area contributed by atoms with Crippen molar-refractivity contribution in [3.05, 3.63) is 49.8 Å². The first-order valence-electron chi connectivity index (χ1n) is 11.5. The van der Waals surface area contributed by atoms with Gasteiger partial charge in [0.2, 0.25) is 0 Å². The number of hydrogen-bond donors (Lipinski definition) is 2. The number of pyridine rings is 1. The van der Waals surface area contributed by atoms with Crippen LogP contribution in [0, 0.1) is 12.8 Å². The van der Waals surface area contributed by atoms with Crippen LogP contribution in [-0.4, -0.2) is 68.6 Å². The van der Waals surface area contributed by atoms with Crippen molar-refractivity contribution in [2.45, 2.75) is 57.9 Å². The van der Waals surface area contributed by atoms with Crippen molar-refractivity contribution >= 4 is 23.3 Å². The summed E-state index contributed by atoms with van der Waals surface area (Å²) in [5.41, 5.74) is 3.68. The van der Waals surface area contributed by atoms with Gasteiger partial charge in [0.1, 0.15) is 0 Å². The van der Waals surface area contributed by atoms with Gasteiger partial charge < -0.3 is 19.7 Å². The molecule has 0 spiro atoms. The molecule has 212 valence electrons. The number of alkyl halides is 6. The zero-order valence-corrected chi connectivity index (χ0v) is 21.1. The molecule has 4 rings (SSSR count). The third kappa shape index (κ3) is 9.74. The van der Waals surface area contributed by atoms with E-state index in [-0.39, 0.29) is 5.56 Å². The van der Waals surface area contributed by atoms with Crippen molar-refractivity contribution in [2.24, 2.45) is 5.92 Å². The van der Waals surface area contributed by atoms with Gasteiger partial charge >= 0.3 is 24.3 Å². The summed E-state index contributed by atoms with van der Waals surface area (Å²) in [7, 11) is 0. The highest BCUT2D eigenvalue weighted by Gasteiger charge is 2.38. The second-order valence-electron chi connectivity index (χ2n) is 8.79. The minimum absolute atomic E-state index is 0.104. The smallest absolute Gasteiger partial charge is 0.475 e. The Morgan fingerprint density at radius 1 is 1.03 bits per heavy atom. The lowest BCUT2D eigenvalue weighted by Gasteiger charge is -2.31. The molecule has 1 fully saturated rings. The summed E-state index contributed by atoms with van der Waals surface area (Å²) >= 11 is 1.65. The number of thiazole rings is 1. The molecule has 0 atom stereocenters. The minimum Gasteiger partial charge on any atom is -0.475 e. The standard InChI is InChI=1S/C19H25N3OS.2C2HF3O2/c1-14-20-17(13-24-14)12-22-18-8-10-21(11-15-3-2-4-15)9-7-16(18)5-6-19(22)23;2*3-2(4,5)1(6)7/h5-6,13,15H,2-4,7-12H2,1H3;2*(H,6,7). The number of fused-ring (bicyclic) bond motifs is 1. The third-order valence-corrected chi connectivity index (χ3v) is 6.79. The summed E-state index contributed by atoms with van der Waals surface area (Å²) in [5, 5.41) is 17.4. The number of rotatable bonds is 4. The number of carbonyl (C=O) groups is 2. The molecule has 1 aliphatic carbocycles. The van der Waals surface area contributed by atoms with Gasteiger partial charge in [-0.25, -0.2) is 14.6 Å². The molecule has 1 aliphatic heterocycles. The van der Waals surface area contributed by atoms with Gasteiger partial charge in [-0.3, -0.25) is 4.79 Å². The fourth-order valence-electron chi connectivity index (χ4n) is 3.88. The summed E-state index contributed by atoms with van der Waals surface area (Å²) in [5.74, 6) is -4.61. The van der Waals surface area contributed by atoms with Gasteiger partial charge in [-0.05, 0) is 37.7 Å². The molecule has 8 nitrogen and oxygen atoms in total. The molecule has 1 saturated carbocycles. The Kier molecular flexibility index (Phi) is 10.9. The monoisotopic (exact) mass is 571 g/mol.